The SMILES string of the molecule is O=C(c1ccc(F)c(S(=O)(=O)N2CCCCC2)c1)N1CCN(c2ccc([N+](=O)[O-])cc2)CC1. The van der Waals surface area contributed by atoms with E-state index >= 15 is 0 Å². The van der Waals surface area contributed by atoms with E-state index in [2.05, 4.69) is 0 Å². The summed E-state index contributed by atoms with van der Waals surface area (Å²) in [4.78, 5) is 26.6. The van der Waals surface area contributed by atoms with Gasteiger partial charge in [-0.25, -0.2) is 12.8 Å². The van der Waals surface area contributed by atoms with E-state index in [1.54, 1.807) is 17.0 Å². The average molecular weight is 477 g/mol. The molecule has 0 bridgehead atoms. The molecule has 2 fully saturated rings. The number of piperidine rings is 1. The number of anilines is 1. The quantitative estimate of drug-likeness (QED) is 0.486. The molecule has 0 atom stereocenters. The van der Waals surface area contributed by atoms with Gasteiger partial charge in [0, 0.05) is 62.7 Å². The van der Waals surface area contributed by atoms with Gasteiger partial charge < -0.3 is 9.80 Å². The second-order valence-corrected chi connectivity index (χ2v) is 10.1. The maximum Gasteiger partial charge on any atom is 0.269 e. The van der Waals surface area contributed by atoms with Crippen LogP contribution >= 0.6 is 0 Å². The van der Waals surface area contributed by atoms with Crippen LogP contribution in [0.25, 0.3) is 0 Å². The molecule has 2 aromatic carbocycles. The maximum absolute atomic E-state index is 14.5. The molecule has 0 saturated carbocycles. The van der Waals surface area contributed by atoms with Crippen molar-refractivity contribution < 1.29 is 22.5 Å². The molecule has 2 aromatic rings. The van der Waals surface area contributed by atoms with Crippen LogP contribution in [-0.2, 0) is 10.0 Å². The van der Waals surface area contributed by atoms with Crippen LogP contribution in [0.3, 0.4) is 0 Å². The van der Waals surface area contributed by atoms with Crippen LogP contribution < -0.4 is 4.90 Å². The molecule has 1 amide bonds. The molecule has 4 rings (SSSR count). The van der Waals surface area contributed by atoms with Gasteiger partial charge in [-0.1, -0.05) is 6.42 Å². The maximum atomic E-state index is 14.5. The van der Waals surface area contributed by atoms with Crippen LogP contribution in [0.4, 0.5) is 15.8 Å². The molecule has 2 heterocycles. The van der Waals surface area contributed by atoms with Crippen molar-refractivity contribution in [2.75, 3.05) is 44.2 Å². The number of rotatable bonds is 5. The highest BCUT2D eigenvalue weighted by Crippen LogP contribution is 2.25. The van der Waals surface area contributed by atoms with E-state index in [0.29, 0.717) is 39.3 Å². The Morgan fingerprint density at radius 2 is 1.55 bits per heavy atom. The van der Waals surface area contributed by atoms with Crippen molar-refractivity contribution >= 4 is 27.3 Å². The fraction of sp³-hybridized carbons (Fsp3) is 0.409. The van der Waals surface area contributed by atoms with Crippen LogP contribution in [0, 0.1) is 15.9 Å². The largest absolute Gasteiger partial charge is 0.368 e. The van der Waals surface area contributed by atoms with Crippen molar-refractivity contribution in [1.29, 1.82) is 0 Å². The Labute approximate surface area is 191 Å². The van der Waals surface area contributed by atoms with Crippen molar-refractivity contribution in [3.63, 3.8) is 0 Å². The Kier molecular flexibility index (Phi) is 6.61. The van der Waals surface area contributed by atoms with Crippen LogP contribution in [0.1, 0.15) is 29.6 Å². The topological polar surface area (TPSA) is 104 Å². The van der Waals surface area contributed by atoms with Gasteiger partial charge in [-0.3, -0.25) is 14.9 Å². The number of piperazine rings is 1. The van der Waals surface area contributed by atoms with Crippen molar-refractivity contribution in [2.45, 2.75) is 24.2 Å². The summed E-state index contributed by atoms with van der Waals surface area (Å²) in [6.45, 7) is 2.52. The van der Waals surface area contributed by atoms with Gasteiger partial charge in [0.1, 0.15) is 10.7 Å². The monoisotopic (exact) mass is 476 g/mol. The third-order valence-electron chi connectivity index (χ3n) is 6.10. The van der Waals surface area contributed by atoms with Crippen molar-refractivity contribution in [3.8, 4) is 0 Å². The number of nitrogens with zero attached hydrogens (tertiary/aromatic N) is 4. The zero-order valence-corrected chi connectivity index (χ0v) is 18.8. The number of carbonyl (C=O) groups is 1. The van der Waals surface area contributed by atoms with Gasteiger partial charge in [0.05, 0.1) is 4.92 Å². The molecule has 0 radical (unpaired) electrons. The second-order valence-electron chi connectivity index (χ2n) is 8.16. The fourth-order valence-corrected chi connectivity index (χ4v) is 5.82. The average Bonchev–Trinajstić information content (AvgIpc) is 2.84. The Morgan fingerprint density at radius 3 is 2.15 bits per heavy atom. The third-order valence-corrected chi connectivity index (χ3v) is 8.02. The fourth-order valence-electron chi connectivity index (χ4n) is 4.21. The van der Waals surface area contributed by atoms with Gasteiger partial charge in [-0.05, 0) is 43.2 Å². The number of amides is 1. The summed E-state index contributed by atoms with van der Waals surface area (Å²) in [7, 11) is -4.00. The molecule has 2 aliphatic rings. The number of hydrogen-bond acceptors (Lipinski definition) is 6. The molecule has 9 nitrogen and oxygen atoms in total. The molecule has 0 aromatic heterocycles. The first-order valence-electron chi connectivity index (χ1n) is 10.9. The summed E-state index contributed by atoms with van der Waals surface area (Å²) >= 11 is 0. The Bertz CT molecular complexity index is 1140. The number of nitro groups is 1. The van der Waals surface area contributed by atoms with E-state index in [1.807, 2.05) is 4.90 Å². The first kappa shape index (κ1) is 23.1. The molecule has 33 heavy (non-hydrogen) atoms. The highest BCUT2D eigenvalue weighted by atomic mass is 32.2. The lowest BCUT2D eigenvalue weighted by Crippen LogP contribution is -2.48. The highest BCUT2D eigenvalue weighted by Gasteiger charge is 2.30. The van der Waals surface area contributed by atoms with Gasteiger partial charge in [-0.2, -0.15) is 4.31 Å². The minimum atomic E-state index is -4.00. The zero-order valence-electron chi connectivity index (χ0n) is 18.0. The van der Waals surface area contributed by atoms with E-state index in [0.717, 1.165) is 37.1 Å². The van der Waals surface area contributed by atoms with E-state index in [-0.39, 0.29) is 17.2 Å². The predicted octanol–water partition coefficient (Wildman–Crippen LogP) is 2.87. The standard InChI is InChI=1S/C22H25FN4O5S/c23-20-9-4-17(16-21(20)33(31,32)26-10-2-1-3-11-26)22(28)25-14-12-24(13-15-25)18-5-7-19(8-6-18)27(29)30/h4-9,16H,1-3,10-15H2. The Morgan fingerprint density at radius 1 is 0.909 bits per heavy atom. The highest BCUT2D eigenvalue weighted by molar-refractivity contribution is 7.89. The van der Waals surface area contributed by atoms with Crippen molar-refractivity contribution in [2.24, 2.45) is 0 Å². The number of halogens is 1. The van der Waals surface area contributed by atoms with Crippen molar-refractivity contribution in [1.82, 2.24) is 9.21 Å². The third kappa shape index (κ3) is 4.83. The normalized spacial score (nSPS) is 17.7. The van der Waals surface area contributed by atoms with Gasteiger partial charge in [-0.15, -0.1) is 0 Å². The number of nitro benzene ring substituents is 1. The lowest BCUT2D eigenvalue weighted by molar-refractivity contribution is -0.384. The first-order chi connectivity index (χ1) is 15.8. The van der Waals surface area contributed by atoms with Gasteiger partial charge >= 0.3 is 0 Å². The zero-order chi connectivity index (χ0) is 23.6. The van der Waals surface area contributed by atoms with Crippen molar-refractivity contribution in [3.05, 3.63) is 64.0 Å². The summed E-state index contributed by atoms with van der Waals surface area (Å²) in [5, 5.41) is 10.8. The van der Waals surface area contributed by atoms with Crippen LogP contribution in [0.5, 0.6) is 0 Å². The molecule has 11 heteroatoms. The molecule has 0 spiro atoms. The second kappa shape index (κ2) is 9.44. The molecular weight excluding hydrogens is 451 g/mol. The molecular formula is C22H25FN4O5S. The van der Waals surface area contributed by atoms with E-state index < -0.39 is 25.7 Å². The van der Waals surface area contributed by atoms with Crippen LogP contribution in [0.2, 0.25) is 0 Å². The minimum Gasteiger partial charge on any atom is -0.368 e. The number of benzene rings is 2. The predicted molar refractivity (Wildman–Crippen MR) is 120 cm³/mol. The molecule has 0 N–H and O–H groups in total. The van der Waals surface area contributed by atoms with Gasteiger partial charge in [0.15, 0.2) is 0 Å². The van der Waals surface area contributed by atoms with Crippen LogP contribution in [0.15, 0.2) is 47.4 Å². The van der Waals surface area contributed by atoms with E-state index in [4.69, 9.17) is 0 Å². The molecule has 2 saturated heterocycles. The smallest absolute Gasteiger partial charge is 0.269 e. The van der Waals surface area contributed by atoms with E-state index in [1.165, 1.54) is 22.5 Å². The molecule has 2 aliphatic heterocycles. The Hall–Kier alpha value is -3.05. The van der Waals surface area contributed by atoms with Crippen LogP contribution in [-0.4, -0.2) is 67.7 Å². The first-order valence-corrected chi connectivity index (χ1v) is 12.3. The lowest BCUT2D eigenvalue weighted by Gasteiger charge is -2.36. The number of sulfonamides is 1. The van der Waals surface area contributed by atoms with Gasteiger partial charge in [0.25, 0.3) is 11.6 Å². The van der Waals surface area contributed by atoms with Gasteiger partial charge in [0.2, 0.25) is 10.0 Å². The summed E-state index contributed by atoms with van der Waals surface area (Å²) in [5.41, 5.74) is 0.972. The summed E-state index contributed by atoms with van der Waals surface area (Å²) in [6, 6.07) is 9.73. The lowest BCUT2D eigenvalue weighted by atomic mass is 10.1. The molecule has 0 aliphatic carbocycles. The molecule has 0 unspecified atom stereocenters. The summed E-state index contributed by atoms with van der Waals surface area (Å²) in [6.07, 6.45) is 2.41. The number of hydrogen-bond donors (Lipinski definition) is 0. The summed E-state index contributed by atoms with van der Waals surface area (Å²) in [5.74, 6) is -1.21. The number of non-ortho nitro benzene ring substituents is 1. The minimum absolute atomic E-state index is 0.0131. The van der Waals surface area contributed by atoms with E-state index in [9.17, 15) is 27.7 Å². The summed E-state index contributed by atoms with van der Waals surface area (Å²) < 4.78 is 41.6. The number of carbonyl (C=O) groups excluding carboxylic acids is 1. The Balaban J connectivity index is 1.45. The molecule has 176 valence electrons.